The van der Waals surface area contributed by atoms with Crippen LogP contribution in [0, 0.1) is 12.8 Å². The van der Waals surface area contributed by atoms with Crippen molar-refractivity contribution >= 4 is 29.2 Å². The molecular formula is C23H22F3N5O4. The van der Waals surface area contributed by atoms with Crippen molar-refractivity contribution in [3.63, 3.8) is 0 Å². The van der Waals surface area contributed by atoms with Crippen LogP contribution < -0.4 is 20.7 Å². The Hall–Kier alpha value is -4.35. The van der Waals surface area contributed by atoms with Crippen molar-refractivity contribution in [2.75, 3.05) is 22.5 Å². The third-order valence-electron chi connectivity index (χ3n) is 4.79. The minimum atomic E-state index is -4.52. The van der Waals surface area contributed by atoms with Gasteiger partial charge in [0.05, 0.1) is 11.5 Å². The van der Waals surface area contributed by atoms with E-state index in [1.165, 1.54) is 31.5 Å². The molecular weight excluding hydrogens is 467 g/mol. The second-order valence-corrected chi connectivity index (χ2v) is 7.59. The summed E-state index contributed by atoms with van der Waals surface area (Å²) >= 11 is 0. The number of aryl methyl sites for hydroxylation is 1. The number of benzene rings is 2. The fourth-order valence-electron chi connectivity index (χ4n) is 2.86. The summed E-state index contributed by atoms with van der Waals surface area (Å²) in [5.74, 6) is -0.543. The maximum absolute atomic E-state index is 13.1. The molecule has 0 saturated heterocycles. The number of aliphatic carboxylic acids is 1. The summed E-state index contributed by atoms with van der Waals surface area (Å²) < 4.78 is 44.8. The Morgan fingerprint density at radius 3 is 2.34 bits per heavy atom. The van der Waals surface area contributed by atoms with Crippen molar-refractivity contribution in [3.8, 4) is 11.6 Å². The zero-order chi connectivity index (χ0) is 25.6. The molecule has 0 saturated carbocycles. The fourth-order valence-corrected chi connectivity index (χ4v) is 2.86. The first-order valence-corrected chi connectivity index (χ1v) is 10.3. The van der Waals surface area contributed by atoms with E-state index < -0.39 is 29.7 Å². The summed E-state index contributed by atoms with van der Waals surface area (Å²) in [6.45, 7) is 3.08. The molecule has 12 heteroatoms. The first kappa shape index (κ1) is 25.3. The molecule has 2 amide bonds. The normalized spacial score (nSPS) is 11.9. The Kier molecular flexibility index (Phi) is 7.74. The Balaban J connectivity index is 1.57. The lowest BCUT2D eigenvalue weighted by molar-refractivity contribution is -0.140. The molecule has 1 atom stereocenters. The lowest BCUT2D eigenvalue weighted by Crippen LogP contribution is -2.20. The molecule has 3 rings (SSSR count). The molecule has 0 radical (unpaired) electrons. The lowest BCUT2D eigenvalue weighted by atomic mass is 10.1. The van der Waals surface area contributed by atoms with Gasteiger partial charge in [-0.2, -0.15) is 13.2 Å². The van der Waals surface area contributed by atoms with Crippen LogP contribution in [-0.4, -0.2) is 33.6 Å². The monoisotopic (exact) mass is 489 g/mol. The molecule has 35 heavy (non-hydrogen) atoms. The van der Waals surface area contributed by atoms with Gasteiger partial charge in [-0.25, -0.2) is 14.8 Å². The predicted molar refractivity (Wildman–Crippen MR) is 123 cm³/mol. The largest absolute Gasteiger partial charge is 0.481 e. The van der Waals surface area contributed by atoms with E-state index in [1.807, 2.05) is 0 Å². The number of ether oxygens (including phenoxy) is 1. The van der Waals surface area contributed by atoms with E-state index in [1.54, 1.807) is 31.2 Å². The number of rotatable bonds is 8. The van der Waals surface area contributed by atoms with Crippen molar-refractivity contribution in [2.24, 2.45) is 5.92 Å². The number of hydrogen-bond acceptors (Lipinski definition) is 6. The van der Waals surface area contributed by atoms with Crippen molar-refractivity contribution in [2.45, 2.75) is 20.0 Å². The molecule has 3 aromatic rings. The molecule has 9 nitrogen and oxygen atoms in total. The first-order valence-electron chi connectivity index (χ1n) is 10.3. The number of hydrogen-bond donors (Lipinski definition) is 4. The number of amides is 2. The summed E-state index contributed by atoms with van der Waals surface area (Å²) in [5.41, 5.74) is -0.381. The van der Waals surface area contributed by atoms with E-state index in [-0.39, 0.29) is 23.7 Å². The minimum Gasteiger partial charge on any atom is -0.481 e. The molecule has 4 N–H and O–H groups in total. The number of urea groups is 1. The van der Waals surface area contributed by atoms with Gasteiger partial charge in [0.25, 0.3) is 0 Å². The third kappa shape index (κ3) is 7.32. The lowest BCUT2D eigenvalue weighted by Gasteiger charge is -2.13. The Morgan fingerprint density at radius 2 is 1.69 bits per heavy atom. The second kappa shape index (κ2) is 10.7. The van der Waals surface area contributed by atoms with Crippen LogP contribution in [0.3, 0.4) is 0 Å². The molecule has 0 aliphatic heterocycles. The van der Waals surface area contributed by atoms with Gasteiger partial charge < -0.3 is 25.8 Å². The maximum atomic E-state index is 13.1. The van der Waals surface area contributed by atoms with E-state index in [0.717, 1.165) is 6.07 Å². The molecule has 0 aliphatic rings. The molecule has 0 spiro atoms. The number of carbonyl (C=O) groups is 2. The van der Waals surface area contributed by atoms with Crippen LogP contribution in [0.2, 0.25) is 0 Å². The standard InChI is InChI=1S/C23H22F3N5O4/c1-13-3-4-16(9-18(13)23(24,25)26)31-22(34)30-15-5-7-17(8-6-15)35-20-10-19(28-12-29-20)27-11-14(2)21(32)33/h3-10,12,14H,11H2,1-2H3,(H,32,33)(H,27,28,29)(H2,30,31,34). The summed E-state index contributed by atoms with van der Waals surface area (Å²) in [7, 11) is 0. The van der Waals surface area contributed by atoms with Gasteiger partial charge >= 0.3 is 18.2 Å². The number of alkyl halides is 3. The van der Waals surface area contributed by atoms with Crippen LogP contribution in [0.15, 0.2) is 54.9 Å². The van der Waals surface area contributed by atoms with Gasteiger partial charge in [0, 0.05) is 24.0 Å². The highest BCUT2D eigenvalue weighted by Gasteiger charge is 2.32. The van der Waals surface area contributed by atoms with Gasteiger partial charge in [-0.05, 0) is 48.9 Å². The topological polar surface area (TPSA) is 125 Å². The van der Waals surface area contributed by atoms with E-state index >= 15 is 0 Å². The number of nitrogens with zero attached hydrogens (tertiary/aromatic N) is 2. The number of carboxylic acid groups (broad SMARTS) is 1. The smallest absolute Gasteiger partial charge is 0.416 e. The molecule has 0 fully saturated rings. The highest BCUT2D eigenvalue weighted by atomic mass is 19.4. The van der Waals surface area contributed by atoms with Crippen LogP contribution in [0.1, 0.15) is 18.1 Å². The molecule has 0 bridgehead atoms. The molecule has 1 heterocycles. The Labute approximate surface area is 198 Å². The summed E-state index contributed by atoms with van der Waals surface area (Å²) in [4.78, 5) is 31.1. The Morgan fingerprint density at radius 1 is 1.03 bits per heavy atom. The number of nitrogens with one attached hydrogen (secondary N) is 3. The molecule has 2 aromatic carbocycles. The van der Waals surface area contributed by atoms with Crippen molar-refractivity contribution < 1.29 is 32.6 Å². The molecule has 1 unspecified atom stereocenters. The molecule has 0 aliphatic carbocycles. The van der Waals surface area contributed by atoms with Crippen LogP contribution in [0.4, 0.5) is 35.2 Å². The van der Waals surface area contributed by atoms with E-state index in [9.17, 15) is 22.8 Å². The van der Waals surface area contributed by atoms with E-state index in [2.05, 4.69) is 25.9 Å². The van der Waals surface area contributed by atoms with Crippen molar-refractivity contribution in [1.82, 2.24) is 9.97 Å². The maximum Gasteiger partial charge on any atom is 0.416 e. The van der Waals surface area contributed by atoms with Crippen LogP contribution in [-0.2, 0) is 11.0 Å². The number of carboxylic acids is 1. The zero-order valence-electron chi connectivity index (χ0n) is 18.7. The average molecular weight is 489 g/mol. The summed E-state index contributed by atoms with van der Waals surface area (Å²) in [5, 5.41) is 16.7. The summed E-state index contributed by atoms with van der Waals surface area (Å²) in [6.07, 6.45) is -3.26. The number of halogens is 3. The van der Waals surface area contributed by atoms with Crippen molar-refractivity contribution in [1.29, 1.82) is 0 Å². The van der Waals surface area contributed by atoms with E-state index in [4.69, 9.17) is 9.84 Å². The van der Waals surface area contributed by atoms with Crippen LogP contribution >= 0.6 is 0 Å². The SMILES string of the molecule is Cc1ccc(NC(=O)Nc2ccc(Oc3cc(NCC(C)C(=O)O)ncn3)cc2)cc1C(F)(F)F. The number of carbonyl (C=O) groups excluding carboxylic acids is 1. The van der Waals surface area contributed by atoms with Gasteiger partial charge in [0.15, 0.2) is 0 Å². The van der Waals surface area contributed by atoms with Gasteiger partial charge in [-0.15, -0.1) is 0 Å². The average Bonchev–Trinajstić information content (AvgIpc) is 2.79. The highest BCUT2D eigenvalue weighted by molar-refractivity contribution is 5.99. The highest BCUT2D eigenvalue weighted by Crippen LogP contribution is 2.33. The summed E-state index contributed by atoms with van der Waals surface area (Å²) in [6, 6.07) is 10.5. The quantitative estimate of drug-likeness (QED) is 0.335. The van der Waals surface area contributed by atoms with Gasteiger partial charge in [-0.1, -0.05) is 13.0 Å². The number of aromatic nitrogens is 2. The van der Waals surface area contributed by atoms with Crippen LogP contribution in [0.5, 0.6) is 11.6 Å². The van der Waals surface area contributed by atoms with Crippen LogP contribution in [0.25, 0.3) is 0 Å². The Bertz CT molecular complexity index is 1200. The second-order valence-electron chi connectivity index (χ2n) is 7.59. The molecule has 1 aromatic heterocycles. The molecule has 184 valence electrons. The zero-order valence-corrected chi connectivity index (χ0v) is 18.7. The van der Waals surface area contributed by atoms with Crippen molar-refractivity contribution in [3.05, 3.63) is 66.0 Å². The van der Waals surface area contributed by atoms with E-state index in [0.29, 0.717) is 17.3 Å². The third-order valence-corrected chi connectivity index (χ3v) is 4.79. The fraction of sp³-hybridized carbons (Fsp3) is 0.217. The van der Waals surface area contributed by atoms with Gasteiger partial charge in [0.2, 0.25) is 5.88 Å². The predicted octanol–water partition coefficient (Wildman–Crippen LogP) is 5.37. The first-order chi connectivity index (χ1) is 16.5. The number of anilines is 3. The van der Waals surface area contributed by atoms with Gasteiger partial charge in [-0.3, -0.25) is 4.79 Å². The minimum absolute atomic E-state index is 0.00584. The van der Waals surface area contributed by atoms with Gasteiger partial charge in [0.1, 0.15) is 17.9 Å².